The van der Waals surface area contributed by atoms with Gasteiger partial charge >= 0.3 is 0 Å². The summed E-state index contributed by atoms with van der Waals surface area (Å²) in [5, 5.41) is 13.5. The van der Waals surface area contributed by atoms with E-state index in [1.807, 2.05) is 0 Å². The number of hydrogen-bond acceptors (Lipinski definition) is 4. The molecule has 1 saturated heterocycles. The molecule has 0 amide bonds. The number of nitrogens with two attached hydrogens (primary N) is 1. The summed E-state index contributed by atoms with van der Waals surface area (Å²) in [6.07, 6.45) is -0.00508. The zero-order chi connectivity index (χ0) is 14.9. The topological polar surface area (TPSA) is 61.8 Å². The molecule has 1 aromatic rings. The number of likely N-dealkylation sites (tertiary alicyclic amines) is 1. The first-order valence-corrected chi connectivity index (χ1v) is 6.83. The molecule has 0 aromatic heterocycles. The average Bonchev–Trinajstić information content (AvgIpc) is 2.69. The molecule has 106 valence electrons. The maximum atomic E-state index is 14.0. The first-order chi connectivity index (χ1) is 9.39. The van der Waals surface area contributed by atoms with E-state index < -0.39 is 11.6 Å². The number of rotatable bonds is 2. The molecule has 1 aliphatic rings. The Morgan fingerprint density at radius 1 is 1.70 bits per heavy atom. The second-order valence-electron chi connectivity index (χ2n) is 4.79. The third-order valence-corrected chi connectivity index (χ3v) is 3.96. The highest BCUT2D eigenvalue weighted by molar-refractivity contribution is 7.80. The first kappa shape index (κ1) is 15.5. The third kappa shape index (κ3) is 2.89. The number of halogens is 2. The lowest BCUT2D eigenvalue weighted by Gasteiger charge is -2.27. The molecule has 1 aliphatic heterocycles. The minimum atomic E-state index is -1.90. The number of hydrazone groups is 1. The number of alkyl halides is 1. The zero-order valence-corrected chi connectivity index (χ0v) is 12.3. The first-order valence-electron chi connectivity index (χ1n) is 6.00. The number of aliphatic hydroxyl groups excluding tert-OH is 1. The molecule has 1 heterocycles. The quantitative estimate of drug-likeness (QED) is 0.192. The molecule has 1 aromatic carbocycles. The van der Waals surface area contributed by atoms with Gasteiger partial charge < -0.3 is 15.8 Å². The van der Waals surface area contributed by atoms with E-state index in [2.05, 4.69) is 17.7 Å². The second kappa shape index (κ2) is 5.83. The van der Waals surface area contributed by atoms with Crippen LogP contribution in [0, 0.1) is 0 Å². The van der Waals surface area contributed by atoms with Crippen molar-refractivity contribution in [3.63, 3.8) is 0 Å². The van der Waals surface area contributed by atoms with Crippen molar-refractivity contribution in [1.82, 2.24) is 4.90 Å². The number of thiol groups is 1. The highest BCUT2D eigenvalue weighted by atomic mass is 35.5. The van der Waals surface area contributed by atoms with Crippen molar-refractivity contribution in [2.24, 2.45) is 10.9 Å². The smallest absolute Gasteiger partial charge is 0.158 e. The average molecular weight is 314 g/mol. The summed E-state index contributed by atoms with van der Waals surface area (Å²) >= 11 is 10.5. The van der Waals surface area contributed by atoms with Gasteiger partial charge in [0.05, 0.1) is 28.8 Å². The van der Waals surface area contributed by atoms with Crippen molar-refractivity contribution in [3.05, 3.63) is 28.8 Å². The lowest BCUT2D eigenvalue weighted by atomic mass is 9.82. The lowest BCUT2D eigenvalue weighted by Crippen LogP contribution is -2.40. The summed E-state index contributed by atoms with van der Waals surface area (Å²) in [7, 11) is 5.51. The Labute approximate surface area is 128 Å². The molecule has 8 heteroatoms. The van der Waals surface area contributed by atoms with Gasteiger partial charge in [-0.3, -0.25) is 4.39 Å². The lowest BCUT2D eigenvalue weighted by molar-refractivity contribution is 0.207. The number of amidine groups is 1. The van der Waals surface area contributed by atoms with E-state index in [4.69, 9.17) is 25.3 Å². The van der Waals surface area contributed by atoms with E-state index in [1.54, 1.807) is 18.2 Å². The van der Waals surface area contributed by atoms with Gasteiger partial charge in [-0.15, -0.1) is 12.6 Å². The minimum absolute atomic E-state index is 0.00508. The van der Waals surface area contributed by atoms with Gasteiger partial charge in [0.2, 0.25) is 0 Å². The molecule has 3 N–H and O–H groups in total. The largest absolute Gasteiger partial charge is 0.394 e. The molecule has 20 heavy (non-hydrogen) atoms. The molecule has 4 nitrogen and oxygen atoms in total. The summed E-state index contributed by atoms with van der Waals surface area (Å²) < 4.78 is 14.0. The molecule has 2 atom stereocenters. The molecule has 2 unspecified atom stereocenters. The van der Waals surface area contributed by atoms with Crippen molar-refractivity contribution in [2.45, 2.75) is 22.9 Å². The van der Waals surface area contributed by atoms with Crippen LogP contribution < -0.4 is 5.84 Å². The summed E-state index contributed by atoms with van der Waals surface area (Å²) in [6, 6.07) is 4.62. The van der Waals surface area contributed by atoms with Gasteiger partial charge in [0.25, 0.3) is 0 Å². The van der Waals surface area contributed by atoms with Crippen LogP contribution in [-0.2, 0) is 0 Å². The van der Waals surface area contributed by atoms with Gasteiger partial charge in [-0.05, 0) is 18.6 Å². The SMILES string of the molecule is [B]C1(F)CC(CO)N(/C(=N/N)c2c(S)cccc2Cl)C1. The van der Waals surface area contributed by atoms with Crippen LogP contribution in [0.15, 0.2) is 28.2 Å². The predicted molar refractivity (Wildman–Crippen MR) is 81.2 cm³/mol. The number of nitrogens with zero attached hydrogens (tertiary/aromatic N) is 2. The molecule has 0 saturated carbocycles. The van der Waals surface area contributed by atoms with E-state index in [-0.39, 0.29) is 25.4 Å². The Morgan fingerprint density at radius 2 is 2.40 bits per heavy atom. The van der Waals surface area contributed by atoms with E-state index in [0.29, 0.717) is 15.5 Å². The monoisotopic (exact) mass is 313 g/mol. The third-order valence-electron chi connectivity index (χ3n) is 3.27. The maximum absolute atomic E-state index is 14.0. The van der Waals surface area contributed by atoms with Crippen LogP contribution in [0.5, 0.6) is 0 Å². The van der Waals surface area contributed by atoms with Gasteiger partial charge in [-0.25, -0.2) is 0 Å². The number of hydrogen-bond donors (Lipinski definition) is 3. The molecular formula is C12H14BClFN3OS. The number of benzene rings is 1. The van der Waals surface area contributed by atoms with Crippen LogP contribution in [0.2, 0.25) is 5.02 Å². The summed E-state index contributed by atoms with van der Waals surface area (Å²) in [6.45, 7) is -0.374. The zero-order valence-electron chi connectivity index (χ0n) is 10.6. The Hall–Kier alpha value is -0.915. The molecule has 0 aliphatic carbocycles. The fourth-order valence-electron chi connectivity index (χ4n) is 2.41. The van der Waals surface area contributed by atoms with E-state index >= 15 is 0 Å². The van der Waals surface area contributed by atoms with Gasteiger partial charge in [0.15, 0.2) is 5.84 Å². The van der Waals surface area contributed by atoms with Crippen LogP contribution in [0.3, 0.4) is 0 Å². The number of aliphatic hydroxyl groups is 1. The van der Waals surface area contributed by atoms with E-state index in [1.165, 1.54) is 4.90 Å². The van der Waals surface area contributed by atoms with Gasteiger partial charge in [0, 0.05) is 11.4 Å². The normalized spacial score (nSPS) is 27.1. The van der Waals surface area contributed by atoms with Crippen molar-refractivity contribution in [3.8, 4) is 0 Å². The standard InChI is InChI=1S/C12H14BClFN3OS/c13-12(15)4-7(5-19)18(6-12)11(17-16)10-8(14)2-1-3-9(10)20/h1-3,7,19-20H,4-6,16H2/b17-11+. The Morgan fingerprint density at radius 3 is 2.95 bits per heavy atom. The fraction of sp³-hybridized carbons (Fsp3) is 0.417. The molecule has 0 bridgehead atoms. The van der Waals surface area contributed by atoms with Crippen LogP contribution in [-0.4, -0.2) is 48.4 Å². The highest BCUT2D eigenvalue weighted by Crippen LogP contribution is 2.32. The summed E-state index contributed by atoms with van der Waals surface area (Å²) in [4.78, 5) is 2.09. The maximum Gasteiger partial charge on any atom is 0.158 e. The van der Waals surface area contributed by atoms with Gasteiger partial charge in [-0.1, -0.05) is 17.7 Å². The van der Waals surface area contributed by atoms with E-state index in [0.717, 1.165) is 0 Å². The van der Waals surface area contributed by atoms with Gasteiger partial charge in [0.1, 0.15) is 7.85 Å². The molecule has 2 radical (unpaired) electrons. The second-order valence-corrected chi connectivity index (χ2v) is 5.68. The van der Waals surface area contributed by atoms with Crippen molar-refractivity contribution in [2.75, 3.05) is 13.2 Å². The van der Waals surface area contributed by atoms with Crippen LogP contribution >= 0.6 is 24.2 Å². The predicted octanol–water partition coefficient (Wildman–Crippen LogP) is 1.15. The summed E-state index contributed by atoms with van der Waals surface area (Å²) in [5.74, 6) is 5.70. The minimum Gasteiger partial charge on any atom is -0.394 e. The molecule has 0 spiro atoms. The van der Waals surface area contributed by atoms with Gasteiger partial charge in [-0.2, -0.15) is 5.10 Å². The molecule has 1 fully saturated rings. The fourth-order valence-corrected chi connectivity index (χ4v) is 3.04. The van der Waals surface area contributed by atoms with Crippen molar-refractivity contribution in [1.29, 1.82) is 0 Å². The van der Waals surface area contributed by atoms with Crippen LogP contribution in [0.25, 0.3) is 0 Å². The molecular weight excluding hydrogens is 299 g/mol. The highest BCUT2D eigenvalue weighted by Gasteiger charge is 2.42. The summed E-state index contributed by atoms with van der Waals surface area (Å²) in [5.41, 5.74) is -1.40. The van der Waals surface area contributed by atoms with Crippen molar-refractivity contribution >= 4 is 37.9 Å². The Kier molecular flexibility index (Phi) is 4.51. The Bertz CT molecular complexity index is 523. The van der Waals surface area contributed by atoms with Crippen LogP contribution in [0.4, 0.5) is 4.39 Å². The van der Waals surface area contributed by atoms with E-state index in [9.17, 15) is 9.50 Å². The Balaban J connectivity index is 2.44. The van der Waals surface area contributed by atoms with Crippen LogP contribution in [0.1, 0.15) is 12.0 Å². The van der Waals surface area contributed by atoms with Crippen molar-refractivity contribution < 1.29 is 9.50 Å². The molecule has 2 rings (SSSR count).